The predicted octanol–water partition coefficient (Wildman–Crippen LogP) is 1.26. The fraction of sp³-hybridized carbons (Fsp3) is 0.462. The lowest BCUT2D eigenvalue weighted by atomic mass is 10.4. The summed E-state index contributed by atoms with van der Waals surface area (Å²) in [6.45, 7) is 4.25. The molecule has 0 radical (unpaired) electrons. The molecule has 102 valence electrons. The molecule has 0 unspecified atom stereocenters. The first-order valence-corrected chi connectivity index (χ1v) is 6.19. The lowest BCUT2D eigenvalue weighted by Gasteiger charge is -2.19. The molecule has 6 nitrogen and oxygen atoms in total. The zero-order valence-electron chi connectivity index (χ0n) is 11.6. The van der Waals surface area contributed by atoms with Gasteiger partial charge in [-0.25, -0.2) is 15.0 Å². The van der Waals surface area contributed by atoms with Gasteiger partial charge in [-0.05, 0) is 6.92 Å². The van der Waals surface area contributed by atoms with E-state index in [1.807, 2.05) is 32.4 Å². The van der Waals surface area contributed by atoms with Crippen LogP contribution in [0.1, 0.15) is 11.5 Å². The number of methoxy groups -OCH3 is 1. The van der Waals surface area contributed by atoms with Crippen molar-refractivity contribution < 1.29 is 4.74 Å². The van der Waals surface area contributed by atoms with Crippen molar-refractivity contribution in [2.45, 2.75) is 20.1 Å². The van der Waals surface area contributed by atoms with Crippen LogP contribution in [-0.2, 0) is 17.9 Å². The van der Waals surface area contributed by atoms with Crippen molar-refractivity contribution in [3.8, 4) is 0 Å². The Balaban J connectivity index is 1.97. The molecule has 0 amide bonds. The summed E-state index contributed by atoms with van der Waals surface area (Å²) in [7, 11) is 3.68. The van der Waals surface area contributed by atoms with Crippen LogP contribution in [0.5, 0.6) is 0 Å². The quantitative estimate of drug-likeness (QED) is 0.783. The van der Waals surface area contributed by atoms with Gasteiger partial charge in [0.05, 0.1) is 12.3 Å². The highest BCUT2D eigenvalue weighted by atomic mass is 16.5. The van der Waals surface area contributed by atoms with Crippen LogP contribution in [0.4, 0.5) is 5.82 Å². The van der Waals surface area contributed by atoms with E-state index in [-0.39, 0.29) is 0 Å². The Morgan fingerprint density at radius 2 is 2.16 bits per heavy atom. The van der Waals surface area contributed by atoms with Gasteiger partial charge in [0, 0.05) is 45.7 Å². The molecule has 0 aliphatic heterocycles. The van der Waals surface area contributed by atoms with E-state index < -0.39 is 0 Å². The summed E-state index contributed by atoms with van der Waals surface area (Å²) in [6.07, 6.45) is 5.37. The minimum Gasteiger partial charge on any atom is -0.378 e. The summed E-state index contributed by atoms with van der Waals surface area (Å²) in [4.78, 5) is 14.7. The van der Waals surface area contributed by atoms with Gasteiger partial charge in [-0.3, -0.25) is 0 Å². The average Bonchev–Trinajstić information content (AvgIpc) is 2.82. The number of nitrogens with zero attached hydrogens (tertiary/aromatic N) is 5. The van der Waals surface area contributed by atoms with Crippen LogP contribution in [0.25, 0.3) is 0 Å². The monoisotopic (exact) mass is 261 g/mol. The van der Waals surface area contributed by atoms with E-state index in [0.717, 1.165) is 30.4 Å². The highest BCUT2D eigenvalue weighted by Gasteiger charge is 2.05. The Hall–Kier alpha value is -1.95. The molecule has 0 saturated heterocycles. The highest BCUT2D eigenvalue weighted by Crippen LogP contribution is 2.10. The number of ether oxygens (including phenoxy) is 1. The number of aromatic nitrogens is 4. The van der Waals surface area contributed by atoms with Crippen molar-refractivity contribution in [1.29, 1.82) is 0 Å². The lowest BCUT2D eigenvalue weighted by molar-refractivity contribution is 0.181. The number of anilines is 1. The van der Waals surface area contributed by atoms with Gasteiger partial charge in [0.25, 0.3) is 0 Å². The molecule has 2 aromatic heterocycles. The van der Waals surface area contributed by atoms with Gasteiger partial charge in [0.15, 0.2) is 0 Å². The zero-order chi connectivity index (χ0) is 13.7. The molecular weight excluding hydrogens is 242 g/mol. The molecule has 0 saturated carbocycles. The zero-order valence-corrected chi connectivity index (χ0v) is 11.6. The van der Waals surface area contributed by atoms with Crippen LogP contribution >= 0.6 is 0 Å². The summed E-state index contributed by atoms with van der Waals surface area (Å²) in [5.74, 6) is 1.93. The molecule has 0 aliphatic carbocycles. The van der Waals surface area contributed by atoms with E-state index >= 15 is 0 Å². The predicted molar refractivity (Wildman–Crippen MR) is 73.0 cm³/mol. The molecule has 2 aromatic rings. The summed E-state index contributed by atoms with van der Waals surface area (Å²) >= 11 is 0. The first kappa shape index (κ1) is 13.5. The third-order valence-corrected chi connectivity index (χ3v) is 2.99. The third-order valence-electron chi connectivity index (χ3n) is 2.99. The van der Waals surface area contributed by atoms with Gasteiger partial charge in [0.2, 0.25) is 0 Å². The van der Waals surface area contributed by atoms with Gasteiger partial charge in [-0.15, -0.1) is 0 Å². The molecule has 0 bridgehead atoms. The summed E-state index contributed by atoms with van der Waals surface area (Å²) < 4.78 is 7.19. The van der Waals surface area contributed by atoms with Gasteiger partial charge in [0.1, 0.15) is 18.0 Å². The lowest BCUT2D eigenvalue weighted by Crippen LogP contribution is -2.24. The standard InChI is InChI=1S/C13H19N5O/c1-11-14-4-5-18(11)7-6-17(2)13-8-12(9-19-3)15-10-16-13/h4-5,8,10H,6-7,9H2,1-3H3. The Bertz CT molecular complexity index is 525. The van der Waals surface area contributed by atoms with E-state index in [0.29, 0.717) is 6.61 Å². The molecule has 2 heterocycles. The molecular formula is C13H19N5O. The minimum atomic E-state index is 0.504. The van der Waals surface area contributed by atoms with Crippen molar-refractivity contribution in [2.75, 3.05) is 25.6 Å². The summed E-state index contributed by atoms with van der Waals surface area (Å²) in [6, 6.07) is 1.95. The third kappa shape index (κ3) is 3.51. The average molecular weight is 261 g/mol. The van der Waals surface area contributed by atoms with E-state index in [9.17, 15) is 0 Å². The number of aryl methyl sites for hydroxylation is 1. The molecule has 0 fully saturated rings. The van der Waals surface area contributed by atoms with Crippen LogP contribution in [0.2, 0.25) is 0 Å². The maximum Gasteiger partial charge on any atom is 0.132 e. The van der Waals surface area contributed by atoms with Crippen molar-refractivity contribution in [3.63, 3.8) is 0 Å². The highest BCUT2D eigenvalue weighted by molar-refractivity contribution is 5.37. The van der Waals surface area contributed by atoms with Crippen LogP contribution in [0.15, 0.2) is 24.8 Å². The Morgan fingerprint density at radius 3 is 2.84 bits per heavy atom. The number of likely N-dealkylation sites (N-methyl/N-ethyl adjacent to an activating group) is 1. The normalized spacial score (nSPS) is 10.7. The van der Waals surface area contributed by atoms with Gasteiger partial charge >= 0.3 is 0 Å². The smallest absolute Gasteiger partial charge is 0.132 e. The topological polar surface area (TPSA) is 56.1 Å². The summed E-state index contributed by atoms with van der Waals surface area (Å²) in [5.41, 5.74) is 0.887. The van der Waals surface area contributed by atoms with Crippen molar-refractivity contribution in [2.24, 2.45) is 0 Å². The number of hydrogen-bond acceptors (Lipinski definition) is 5. The van der Waals surface area contributed by atoms with E-state index in [1.54, 1.807) is 13.4 Å². The molecule has 0 spiro atoms. The molecule has 6 heteroatoms. The molecule has 2 rings (SSSR count). The van der Waals surface area contributed by atoms with Crippen LogP contribution in [0, 0.1) is 6.92 Å². The Labute approximate surface area is 113 Å². The van der Waals surface area contributed by atoms with E-state index in [1.165, 1.54) is 0 Å². The largest absolute Gasteiger partial charge is 0.378 e. The molecule has 0 N–H and O–H groups in total. The van der Waals surface area contributed by atoms with Crippen molar-refractivity contribution in [1.82, 2.24) is 19.5 Å². The second-order valence-corrected chi connectivity index (χ2v) is 4.39. The molecule has 0 aromatic carbocycles. The number of rotatable bonds is 6. The first-order valence-electron chi connectivity index (χ1n) is 6.19. The van der Waals surface area contributed by atoms with Crippen LogP contribution in [0.3, 0.4) is 0 Å². The molecule has 0 aliphatic rings. The minimum absolute atomic E-state index is 0.504. The maximum absolute atomic E-state index is 5.08. The van der Waals surface area contributed by atoms with Gasteiger partial charge in [-0.2, -0.15) is 0 Å². The van der Waals surface area contributed by atoms with Gasteiger partial charge in [-0.1, -0.05) is 0 Å². The van der Waals surface area contributed by atoms with Crippen LogP contribution in [-0.4, -0.2) is 40.2 Å². The van der Waals surface area contributed by atoms with E-state index in [4.69, 9.17) is 4.74 Å². The second-order valence-electron chi connectivity index (χ2n) is 4.39. The number of imidazole rings is 1. The second kappa shape index (κ2) is 6.29. The summed E-state index contributed by atoms with van der Waals surface area (Å²) in [5, 5.41) is 0. The molecule has 0 atom stereocenters. The maximum atomic E-state index is 5.08. The van der Waals surface area contributed by atoms with Gasteiger partial charge < -0.3 is 14.2 Å². The fourth-order valence-electron chi connectivity index (χ4n) is 1.83. The van der Waals surface area contributed by atoms with Crippen molar-refractivity contribution >= 4 is 5.82 Å². The van der Waals surface area contributed by atoms with Crippen LogP contribution < -0.4 is 4.90 Å². The first-order chi connectivity index (χ1) is 9.20. The van der Waals surface area contributed by atoms with Crippen molar-refractivity contribution in [3.05, 3.63) is 36.3 Å². The molecule has 19 heavy (non-hydrogen) atoms. The Morgan fingerprint density at radius 1 is 1.32 bits per heavy atom. The SMILES string of the molecule is COCc1cc(N(C)CCn2ccnc2C)ncn1. The van der Waals surface area contributed by atoms with E-state index in [2.05, 4.69) is 24.4 Å². The fourth-order valence-corrected chi connectivity index (χ4v) is 1.83. The number of hydrogen-bond donors (Lipinski definition) is 0. The Kier molecular flexibility index (Phi) is 4.46.